The molecule has 0 saturated heterocycles. The van der Waals surface area contributed by atoms with Crippen molar-refractivity contribution in [1.29, 1.82) is 0 Å². The van der Waals surface area contributed by atoms with Crippen molar-refractivity contribution < 1.29 is 26.3 Å². The van der Waals surface area contributed by atoms with Crippen LogP contribution in [0.1, 0.15) is 11.1 Å². The maximum atomic E-state index is 12.5. The molecule has 0 radical (unpaired) electrons. The minimum atomic E-state index is -4.77. The Balaban J connectivity index is 0.00000450. The summed E-state index contributed by atoms with van der Waals surface area (Å²) in [4.78, 5) is 4.05. The van der Waals surface area contributed by atoms with Gasteiger partial charge in [-0.2, -0.15) is 0 Å². The molecule has 4 N–H and O–H groups in total. The molecule has 0 aliphatic carbocycles. The van der Waals surface area contributed by atoms with Crippen molar-refractivity contribution in [2.24, 2.45) is 10.1 Å². The third kappa shape index (κ3) is 8.75. The quantitative estimate of drug-likeness (QED) is 0.276. The highest BCUT2D eigenvalue weighted by Gasteiger charge is 2.31. The summed E-state index contributed by atoms with van der Waals surface area (Å²) in [6.07, 6.45) is -4.20. The molecular weight excluding hydrogens is 536 g/mol. The SMILES string of the molecule is CN=C(NCCc1ccc(S(N)(=O)=O)cc1)NCc1ccccc1OC(F)(F)F.I. The van der Waals surface area contributed by atoms with Gasteiger partial charge in [0.2, 0.25) is 10.0 Å². The highest BCUT2D eigenvalue weighted by Crippen LogP contribution is 2.26. The Hall–Kier alpha value is -2.06. The Kier molecular flexibility index (Phi) is 9.84. The zero-order chi connectivity index (χ0) is 21.5. The first-order chi connectivity index (χ1) is 13.6. The van der Waals surface area contributed by atoms with Gasteiger partial charge in [0.15, 0.2) is 5.96 Å². The van der Waals surface area contributed by atoms with E-state index in [1.807, 2.05) is 0 Å². The van der Waals surface area contributed by atoms with Crippen molar-refractivity contribution in [3.05, 3.63) is 59.7 Å². The minimum Gasteiger partial charge on any atom is -0.405 e. The van der Waals surface area contributed by atoms with Crippen LogP contribution in [0.5, 0.6) is 5.75 Å². The summed E-state index contributed by atoms with van der Waals surface area (Å²) >= 11 is 0. The van der Waals surface area contributed by atoms with Gasteiger partial charge in [-0.3, -0.25) is 4.99 Å². The van der Waals surface area contributed by atoms with E-state index in [0.717, 1.165) is 5.56 Å². The number of aliphatic imine (C=N–C) groups is 1. The molecule has 2 rings (SSSR count). The third-order valence-electron chi connectivity index (χ3n) is 3.83. The molecule has 0 spiro atoms. The number of nitrogens with one attached hydrogen (secondary N) is 2. The van der Waals surface area contributed by atoms with Crippen LogP contribution in [0.25, 0.3) is 0 Å². The van der Waals surface area contributed by atoms with Crippen LogP contribution in [0.3, 0.4) is 0 Å². The van der Waals surface area contributed by atoms with Crippen LogP contribution in [-0.2, 0) is 23.0 Å². The lowest BCUT2D eigenvalue weighted by atomic mass is 10.1. The fraction of sp³-hybridized carbons (Fsp3) is 0.278. The number of primary sulfonamides is 1. The lowest BCUT2D eigenvalue weighted by Gasteiger charge is -2.15. The Morgan fingerprint density at radius 2 is 1.73 bits per heavy atom. The Labute approximate surface area is 190 Å². The number of hydrogen-bond donors (Lipinski definition) is 3. The molecular formula is C18H22F3IN4O3S. The minimum absolute atomic E-state index is 0. The average molecular weight is 558 g/mol. The van der Waals surface area contributed by atoms with E-state index >= 15 is 0 Å². The van der Waals surface area contributed by atoms with Crippen molar-refractivity contribution in [2.75, 3.05) is 13.6 Å². The molecule has 2 aromatic carbocycles. The van der Waals surface area contributed by atoms with Gasteiger partial charge in [-0.05, 0) is 30.2 Å². The number of hydrogen-bond acceptors (Lipinski definition) is 4. The number of ether oxygens (including phenoxy) is 1. The van der Waals surface area contributed by atoms with E-state index in [2.05, 4.69) is 20.4 Å². The summed E-state index contributed by atoms with van der Waals surface area (Å²) < 4.78 is 64.0. The molecule has 7 nitrogen and oxygen atoms in total. The number of halogens is 4. The van der Waals surface area contributed by atoms with Crippen LogP contribution < -0.4 is 20.5 Å². The molecule has 0 bridgehead atoms. The van der Waals surface area contributed by atoms with Gasteiger partial charge >= 0.3 is 6.36 Å². The van der Waals surface area contributed by atoms with Crippen molar-refractivity contribution >= 4 is 40.0 Å². The predicted octanol–water partition coefficient (Wildman–Crippen LogP) is 2.76. The number of nitrogens with zero attached hydrogens (tertiary/aromatic N) is 1. The van der Waals surface area contributed by atoms with Crippen molar-refractivity contribution in [2.45, 2.75) is 24.2 Å². The zero-order valence-electron chi connectivity index (χ0n) is 15.9. The highest BCUT2D eigenvalue weighted by molar-refractivity contribution is 14.0. The molecule has 0 saturated carbocycles. The first-order valence-corrected chi connectivity index (χ1v) is 10.0. The number of alkyl halides is 3. The Bertz CT molecular complexity index is 952. The zero-order valence-corrected chi connectivity index (χ0v) is 19.1. The van der Waals surface area contributed by atoms with E-state index < -0.39 is 16.4 Å². The Morgan fingerprint density at radius 3 is 2.30 bits per heavy atom. The third-order valence-corrected chi connectivity index (χ3v) is 4.76. The van der Waals surface area contributed by atoms with Gasteiger partial charge in [0.05, 0.1) is 4.90 Å². The van der Waals surface area contributed by atoms with E-state index in [0.29, 0.717) is 24.5 Å². The number of para-hydroxylation sites is 1. The van der Waals surface area contributed by atoms with Crippen molar-refractivity contribution in [3.8, 4) is 5.75 Å². The van der Waals surface area contributed by atoms with Gasteiger partial charge in [-0.25, -0.2) is 13.6 Å². The molecule has 0 heterocycles. The molecule has 12 heteroatoms. The lowest BCUT2D eigenvalue weighted by molar-refractivity contribution is -0.274. The van der Waals surface area contributed by atoms with Gasteiger partial charge in [-0.15, -0.1) is 37.1 Å². The second-order valence-electron chi connectivity index (χ2n) is 5.95. The molecule has 0 atom stereocenters. The maximum Gasteiger partial charge on any atom is 0.573 e. The summed E-state index contributed by atoms with van der Waals surface area (Å²) in [6, 6.07) is 12.0. The highest BCUT2D eigenvalue weighted by atomic mass is 127. The van der Waals surface area contributed by atoms with Crippen LogP contribution in [0.2, 0.25) is 0 Å². The van der Waals surface area contributed by atoms with Crippen LogP contribution in [0.15, 0.2) is 58.4 Å². The normalized spacial score (nSPS) is 12.1. The van der Waals surface area contributed by atoms with E-state index in [1.165, 1.54) is 37.4 Å². The van der Waals surface area contributed by atoms with E-state index in [4.69, 9.17) is 5.14 Å². The van der Waals surface area contributed by atoms with Crippen LogP contribution in [0, 0.1) is 0 Å². The van der Waals surface area contributed by atoms with Crippen LogP contribution >= 0.6 is 24.0 Å². The lowest BCUT2D eigenvalue weighted by Crippen LogP contribution is -2.38. The van der Waals surface area contributed by atoms with E-state index in [9.17, 15) is 21.6 Å². The maximum absolute atomic E-state index is 12.5. The number of guanidine groups is 1. The summed E-state index contributed by atoms with van der Waals surface area (Å²) in [5.74, 6) is 0.117. The molecule has 0 aromatic heterocycles. The molecule has 166 valence electrons. The van der Waals surface area contributed by atoms with Gasteiger partial charge in [0.1, 0.15) is 5.75 Å². The first kappa shape index (κ1) is 26.0. The number of benzene rings is 2. The predicted molar refractivity (Wildman–Crippen MR) is 118 cm³/mol. The van der Waals surface area contributed by atoms with Crippen LogP contribution in [-0.4, -0.2) is 34.3 Å². The first-order valence-electron chi connectivity index (χ1n) is 8.48. The fourth-order valence-corrected chi connectivity index (χ4v) is 2.96. The van der Waals surface area contributed by atoms with Gasteiger partial charge < -0.3 is 15.4 Å². The molecule has 0 amide bonds. The molecule has 30 heavy (non-hydrogen) atoms. The van der Waals surface area contributed by atoms with Gasteiger partial charge in [0.25, 0.3) is 0 Å². The summed E-state index contributed by atoms with van der Waals surface area (Å²) in [6.45, 7) is 0.546. The fourth-order valence-electron chi connectivity index (χ4n) is 2.44. The number of sulfonamides is 1. The van der Waals surface area contributed by atoms with E-state index in [1.54, 1.807) is 18.2 Å². The topological polar surface area (TPSA) is 106 Å². The molecule has 0 unspecified atom stereocenters. The average Bonchev–Trinajstić information content (AvgIpc) is 2.64. The monoisotopic (exact) mass is 558 g/mol. The second kappa shape index (κ2) is 11.4. The smallest absolute Gasteiger partial charge is 0.405 e. The summed E-state index contributed by atoms with van der Waals surface area (Å²) in [5.41, 5.74) is 1.20. The second-order valence-corrected chi connectivity index (χ2v) is 7.51. The molecule has 0 aliphatic rings. The van der Waals surface area contributed by atoms with Crippen LogP contribution in [0.4, 0.5) is 13.2 Å². The van der Waals surface area contributed by atoms with E-state index in [-0.39, 0.29) is 41.2 Å². The number of nitrogens with two attached hydrogens (primary N) is 1. The standard InChI is InChI=1S/C18H21F3N4O3S.HI/c1-23-17(24-11-10-13-6-8-15(9-7-13)29(22,26)27)25-12-14-4-2-3-5-16(14)28-18(19,20)21;/h2-9H,10-12H2,1H3,(H2,22,26,27)(H2,23,24,25);1H. The summed E-state index contributed by atoms with van der Waals surface area (Å²) in [7, 11) is -2.20. The largest absolute Gasteiger partial charge is 0.573 e. The van der Waals surface area contributed by atoms with Crippen molar-refractivity contribution in [3.63, 3.8) is 0 Å². The summed E-state index contributed by atoms with van der Waals surface area (Å²) in [5, 5.41) is 11.0. The molecule has 2 aromatic rings. The van der Waals surface area contributed by atoms with Gasteiger partial charge in [0, 0.05) is 25.7 Å². The number of rotatable bonds is 7. The van der Waals surface area contributed by atoms with Crippen molar-refractivity contribution in [1.82, 2.24) is 10.6 Å². The molecule has 0 fully saturated rings. The molecule has 0 aliphatic heterocycles. The Morgan fingerprint density at radius 1 is 1.10 bits per heavy atom. The van der Waals surface area contributed by atoms with Gasteiger partial charge in [-0.1, -0.05) is 30.3 Å².